The lowest BCUT2D eigenvalue weighted by Gasteiger charge is -2.36. The first-order chi connectivity index (χ1) is 6.70. The maximum Gasteiger partial charge on any atom is 0.327 e. The summed E-state index contributed by atoms with van der Waals surface area (Å²) in [7, 11) is 0. The maximum absolute atomic E-state index is 11.2. The van der Waals surface area contributed by atoms with Crippen molar-refractivity contribution in [1.82, 2.24) is 4.98 Å². The number of hydrogen-bond donors (Lipinski definition) is 1. The zero-order valence-electron chi connectivity index (χ0n) is 7.25. The quantitative estimate of drug-likeness (QED) is 0.683. The molecule has 1 fully saturated rings. The van der Waals surface area contributed by atoms with E-state index in [0.29, 0.717) is 5.82 Å². The van der Waals surface area contributed by atoms with Gasteiger partial charge in [-0.2, -0.15) is 0 Å². The first kappa shape index (κ1) is 8.68. The van der Waals surface area contributed by atoms with Crippen molar-refractivity contribution in [3.05, 3.63) is 24.4 Å². The van der Waals surface area contributed by atoms with Crippen LogP contribution < -0.4 is 4.90 Å². The summed E-state index contributed by atoms with van der Waals surface area (Å²) in [5.74, 6) is -0.789. The van der Waals surface area contributed by atoms with E-state index >= 15 is 0 Å². The minimum Gasteiger partial charge on any atom is -0.480 e. The van der Waals surface area contributed by atoms with Crippen LogP contribution in [0.1, 0.15) is 6.42 Å². The fraction of sp³-hybridized carbons (Fsp3) is 0.222. The van der Waals surface area contributed by atoms with Crippen molar-refractivity contribution in [2.45, 2.75) is 12.5 Å². The molecular formula is C9H8N2O3. The summed E-state index contributed by atoms with van der Waals surface area (Å²) in [5.41, 5.74) is 0. The molecule has 1 N–H and O–H groups in total. The summed E-state index contributed by atoms with van der Waals surface area (Å²) in [6.07, 6.45) is 1.59. The van der Waals surface area contributed by atoms with E-state index in [1.165, 1.54) is 11.1 Å². The second-order valence-electron chi connectivity index (χ2n) is 3.01. The minimum atomic E-state index is -0.991. The Kier molecular flexibility index (Phi) is 1.92. The summed E-state index contributed by atoms with van der Waals surface area (Å²) in [6, 6.07) is 4.29. The average molecular weight is 192 g/mol. The van der Waals surface area contributed by atoms with Crippen LogP contribution in [-0.4, -0.2) is 28.0 Å². The molecule has 1 aliphatic heterocycles. The van der Waals surface area contributed by atoms with Crippen LogP contribution in [0.3, 0.4) is 0 Å². The summed E-state index contributed by atoms with van der Waals surface area (Å²) < 4.78 is 0. The van der Waals surface area contributed by atoms with Gasteiger partial charge in [0.15, 0.2) is 0 Å². The highest BCUT2D eigenvalue weighted by Crippen LogP contribution is 2.25. The number of carbonyl (C=O) groups excluding carboxylic acids is 1. The maximum atomic E-state index is 11.2. The lowest BCUT2D eigenvalue weighted by molar-refractivity contribution is -0.145. The van der Waals surface area contributed by atoms with Crippen LogP contribution in [-0.2, 0) is 9.59 Å². The number of nitrogens with zero attached hydrogens (tertiary/aromatic N) is 2. The number of anilines is 1. The number of aromatic nitrogens is 1. The van der Waals surface area contributed by atoms with Gasteiger partial charge >= 0.3 is 5.97 Å². The molecule has 5 heteroatoms. The Morgan fingerprint density at radius 3 is 2.86 bits per heavy atom. The topological polar surface area (TPSA) is 70.5 Å². The van der Waals surface area contributed by atoms with Gasteiger partial charge in [0.25, 0.3) is 0 Å². The van der Waals surface area contributed by atoms with Crippen LogP contribution in [0.5, 0.6) is 0 Å². The van der Waals surface area contributed by atoms with E-state index in [1.807, 2.05) is 0 Å². The molecule has 1 atom stereocenters. The van der Waals surface area contributed by atoms with Crippen molar-refractivity contribution in [1.29, 1.82) is 0 Å². The second kappa shape index (κ2) is 3.10. The zero-order chi connectivity index (χ0) is 10.1. The lowest BCUT2D eigenvalue weighted by Crippen LogP contribution is -2.57. The van der Waals surface area contributed by atoms with Gasteiger partial charge in [-0.15, -0.1) is 0 Å². The molecule has 0 saturated carbocycles. The van der Waals surface area contributed by atoms with Crippen molar-refractivity contribution in [2.24, 2.45) is 0 Å². The van der Waals surface area contributed by atoms with Gasteiger partial charge in [-0.25, -0.2) is 9.78 Å². The highest BCUT2D eigenvalue weighted by Gasteiger charge is 2.42. The molecule has 1 saturated heterocycles. The lowest BCUT2D eigenvalue weighted by atomic mass is 10.0. The number of rotatable bonds is 2. The van der Waals surface area contributed by atoms with Gasteiger partial charge in [0.05, 0.1) is 6.42 Å². The Labute approximate surface area is 80.0 Å². The van der Waals surface area contributed by atoms with Crippen LogP contribution in [0, 0.1) is 0 Å². The van der Waals surface area contributed by atoms with Crippen LogP contribution in [0.15, 0.2) is 24.4 Å². The molecule has 14 heavy (non-hydrogen) atoms. The highest BCUT2D eigenvalue weighted by molar-refractivity contribution is 6.07. The van der Waals surface area contributed by atoms with E-state index in [1.54, 1.807) is 18.2 Å². The van der Waals surface area contributed by atoms with Gasteiger partial charge in [-0.3, -0.25) is 9.69 Å². The third kappa shape index (κ3) is 1.22. The Balaban J connectivity index is 2.26. The van der Waals surface area contributed by atoms with Gasteiger partial charge < -0.3 is 5.11 Å². The third-order valence-electron chi connectivity index (χ3n) is 2.13. The molecule has 0 bridgehead atoms. The summed E-state index contributed by atoms with van der Waals surface area (Å²) in [4.78, 5) is 27.0. The number of carbonyl (C=O) groups is 2. The van der Waals surface area contributed by atoms with E-state index in [9.17, 15) is 9.59 Å². The normalized spacial score (nSPS) is 20.4. The minimum absolute atomic E-state index is 0.0614. The van der Waals surface area contributed by atoms with Gasteiger partial charge in [0.1, 0.15) is 11.9 Å². The SMILES string of the molecule is O=C(O)[C@@H]1CC(=O)N1c1ccccn1. The van der Waals surface area contributed by atoms with E-state index in [0.717, 1.165) is 0 Å². The molecule has 0 aromatic carbocycles. The number of carboxylic acids is 1. The molecule has 0 spiro atoms. The first-order valence-electron chi connectivity index (χ1n) is 4.16. The zero-order valence-corrected chi connectivity index (χ0v) is 7.25. The van der Waals surface area contributed by atoms with E-state index in [4.69, 9.17) is 5.11 Å². The fourth-order valence-corrected chi connectivity index (χ4v) is 1.40. The van der Waals surface area contributed by atoms with Gasteiger partial charge in [0, 0.05) is 6.20 Å². The standard InChI is InChI=1S/C9H8N2O3/c12-8-5-6(9(13)14)11(8)7-3-1-2-4-10-7/h1-4,6H,5H2,(H,13,14)/t6-/m0/s1. The van der Waals surface area contributed by atoms with Gasteiger partial charge in [0.2, 0.25) is 5.91 Å². The van der Waals surface area contributed by atoms with E-state index < -0.39 is 12.0 Å². The predicted molar refractivity (Wildman–Crippen MR) is 47.8 cm³/mol. The number of pyridine rings is 1. The highest BCUT2D eigenvalue weighted by atomic mass is 16.4. The summed E-state index contributed by atoms with van der Waals surface area (Å²) in [6.45, 7) is 0. The number of aliphatic carboxylic acids is 1. The van der Waals surface area contributed by atoms with Crippen molar-refractivity contribution in [2.75, 3.05) is 4.90 Å². The molecule has 1 aromatic rings. The summed E-state index contributed by atoms with van der Waals surface area (Å²) >= 11 is 0. The first-order valence-corrected chi connectivity index (χ1v) is 4.16. The molecule has 2 rings (SSSR count). The van der Waals surface area contributed by atoms with Crippen LogP contribution in [0.4, 0.5) is 5.82 Å². The fourth-order valence-electron chi connectivity index (χ4n) is 1.40. The Morgan fingerprint density at radius 2 is 2.36 bits per heavy atom. The Morgan fingerprint density at radius 1 is 1.57 bits per heavy atom. The van der Waals surface area contributed by atoms with Crippen molar-refractivity contribution >= 4 is 17.7 Å². The molecule has 0 radical (unpaired) electrons. The predicted octanol–water partition coefficient (Wildman–Crippen LogP) is 0.272. The van der Waals surface area contributed by atoms with E-state index in [-0.39, 0.29) is 12.3 Å². The van der Waals surface area contributed by atoms with Crippen LogP contribution in [0.25, 0.3) is 0 Å². The molecule has 2 heterocycles. The second-order valence-corrected chi connectivity index (χ2v) is 3.01. The van der Waals surface area contributed by atoms with Crippen LogP contribution >= 0.6 is 0 Å². The smallest absolute Gasteiger partial charge is 0.327 e. The number of carboxylic acid groups (broad SMARTS) is 1. The summed E-state index contributed by atoms with van der Waals surface area (Å²) in [5, 5.41) is 8.76. The molecule has 1 aliphatic rings. The molecule has 1 aromatic heterocycles. The molecule has 1 amide bonds. The Bertz CT molecular complexity index is 377. The molecule has 0 unspecified atom stereocenters. The van der Waals surface area contributed by atoms with E-state index in [2.05, 4.69) is 4.98 Å². The Hall–Kier alpha value is -1.91. The van der Waals surface area contributed by atoms with Gasteiger partial charge in [-0.05, 0) is 12.1 Å². The molecule has 72 valence electrons. The average Bonchev–Trinajstić information content (AvgIpc) is 2.15. The molecule has 5 nitrogen and oxygen atoms in total. The number of hydrogen-bond acceptors (Lipinski definition) is 3. The number of β-lactam (4-membered cyclic amide) rings is 1. The van der Waals surface area contributed by atoms with Crippen molar-refractivity contribution in [3.8, 4) is 0 Å². The molecule has 0 aliphatic carbocycles. The third-order valence-corrected chi connectivity index (χ3v) is 2.13. The van der Waals surface area contributed by atoms with Crippen LogP contribution in [0.2, 0.25) is 0 Å². The van der Waals surface area contributed by atoms with Crippen molar-refractivity contribution in [3.63, 3.8) is 0 Å². The molecular weight excluding hydrogens is 184 g/mol. The largest absolute Gasteiger partial charge is 0.480 e. The van der Waals surface area contributed by atoms with Crippen molar-refractivity contribution < 1.29 is 14.7 Å². The monoisotopic (exact) mass is 192 g/mol. The van der Waals surface area contributed by atoms with Gasteiger partial charge in [-0.1, -0.05) is 6.07 Å². The number of amides is 1.